The summed E-state index contributed by atoms with van der Waals surface area (Å²) in [5, 5.41) is 7.04. The molecule has 1 aromatic rings. The van der Waals surface area contributed by atoms with Crippen molar-refractivity contribution in [2.75, 3.05) is 46.4 Å². The Morgan fingerprint density at radius 1 is 1.42 bits per heavy atom. The summed E-state index contributed by atoms with van der Waals surface area (Å²) < 4.78 is 19.1. The molecule has 1 unspecified atom stereocenters. The van der Waals surface area contributed by atoms with Crippen molar-refractivity contribution in [1.29, 1.82) is 0 Å². The zero-order valence-corrected chi connectivity index (χ0v) is 16.9. The van der Waals surface area contributed by atoms with Gasteiger partial charge >= 0.3 is 0 Å². The van der Waals surface area contributed by atoms with E-state index in [1.54, 1.807) is 6.07 Å². The number of aliphatic imine (C=N–C) groups is 1. The van der Waals surface area contributed by atoms with Crippen LogP contribution in [0.5, 0.6) is 0 Å². The molecule has 2 rings (SSSR count). The molecular formula is C19H30ClFN4O. The Morgan fingerprint density at radius 3 is 2.85 bits per heavy atom. The van der Waals surface area contributed by atoms with Gasteiger partial charge in [0.2, 0.25) is 0 Å². The van der Waals surface area contributed by atoms with Crippen molar-refractivity contribution in [3.8, 4) is 0 Å². The lowest BCUT2D eigenvalue weighted by Gasteiger charge is -2.30. The monoisotopic (exact) mass is 384 g/mol. The van der Waals surface area contributed by atoms with Crippen LogP contribution in [0.3, 0.4) is 0 Å². The minimum atomic E-state index is -0.328. The summed E-state index contributed by atoms with van der Waals surface area (Å²) in [5.41, 5.74) is 0.576. The number of morpholine rings is 1. The number of hydrogen-bond donors (Lipinski definition) is 2. The van der Waals surface area contributed by atoms with E-state index in [2.05, 4.69) is 36.4 Å². The molecule has 1 aromatic carbocycles. The summed E-state index contributed by atoms with van der Waals surface area (Å²) in [6.07, 6.45) is 0.150. The highest BCUT2D eigenvalue weighted by molar-refractivity contribution is 6.31. The van der Waals surface area contributed by atoms with Gasteiger partial charge in [0.25, 0.3) is 0 Å². The zero-order chi connectivity index (χ0) is 19.2. The van der Waals surface area contributed by atoms with Crippen LogP contribution in [0.4, 0.5) is 4.39 Å². The van der Waals surface area contributed by atoms with Crippen molar-refractivity contribution in [2.24, 2.45) is 4.99 Å². The summed E-state index contributed by atoms with van der Waals surface area (Å²) in [6, 6.07) is 4.52. The van der Waals surface area contributed by atoms with Crippen LogP contribution in [0.1, 0.15) is 26.3 Å². The van der Waals surface area contributed by atoms with Crippen LogP contribution in [0.2, 0.25) is 5.02 Å². The predicted octanol–water partition coefficient (Wildman–Crippen LogP) is 2.64. The average molecular weight is 385 g/mol. The molecular weight excluding hydrogens is 355 g/mol. The van der Waals surface area contributed by atoms with Crippen LogP contribution in [-0.4, -0.2) is 63.3 Å². The molecule has 0 amide bonds. The number of guanidine groups is 1. The lowest BCUT2D eigenvalue weighted by Crippen LogP contribution is -2.48. The second-order valence-corrected chi connectivity index (χ2v) is 7.75. The Morgan fingerprint density at radius 2 is 2.19 bits per heavy atom. The first-order chi connectivity index (χ1) is 12.3. The number of halogens is 2. The maximum absolute atomic E-state index is 13.3. The highest BCUT2D eigenvalue weighted by Gasteiger charge is 2.24. The lowest BCUT2D eigenvalue weighted by molar-refractivity contribution is -0.0161. The van der Waals surface area contributed by atoms with Crippen molar-refractivity contribution < 1.29 is 9.13 Å². The number of nitrogens with one attached hydrogen (secondary N) is 2. The molecule has 1 atom stereocenters. The lowest BCUT2D eigenvalue weighted by atomic mass is 9.84. The van der Waals surface area contributed by atoms with Crippen LogP contribution in [-0.2, 0) is 10.2 Å². The van der Waals surface area contributed by atoms with Crippen LogP contribution in [0.15, 0.2) is 23.2 Å². The summed E-state index contributed by atoms with van der Waals surface area (Å²) in [4.78, 5) is 6.96. The van der Waals surface area contributed by atoms with E-state index >= 15 is 0 Å². The number of benzene rings is 1. The van der Waals surface area contributed by atoms with E-state index in [9.17, 15) is 4.39 Å². The molecule has 0 radical (unpaired) electrons. The molecule has 26 heavy (non-hydrogen) atoms. The van der Waals surface area contributed by atoms with E-state index < -0.39 is 0 Å². The van der Waals surface area contributed by atoms with E-state index in [0.717, 1.165) is 37.8 Å². The second kappa shape index (κ2) is 9.53. The van der Waals surface area contributed by atoms with Gasteiger partial charge in [0.05, 0.1) is 19.3 Å². The molecule has 0 aliphatic carbocycles. The van der Waals surface area contributed by atoms with E-state index in [1.807, 2.05) is 6.92 Å². The first kappa shape index (κ1) is 20.9. The van der Waals surface area contributed by atoms with E-state index in [1.165, 1.54) is 12.1 Å². The number of rotatable bonds is 6. The van der Waals surface area contributed by atoms with E-state index in [0.29, 0.717) is 18.1 Å². The van der Waals surface area contributed by atoms with Gasteiger partial charge in [-0.1, -0.05) is 31.5 Å². The predicted molar refractivity (Wildman–Crippen MR) is 106 cm³/mol. The van der Waals surface area contributed by atoms with Gasteiger partial charge in [-0.2, -0.15) is 0 Å². The maximum atomic E-state index is 13.3. The van der Waals surface area contributed by atoms with Gasteiger partial charge in [-0.05, 0) is 31.7 Å². The Kier molecular flexibility index (Phi) is 7.68. The van der Waals surface area contributed by atoms with Gasteiger partial charge in [-0.3, -0.25) is 4.99 Å². The molecule has 0 saturated carbocycles. The fourth-order valence-corrected chi connectivity index (χ4v) is 3.37. The Bertz CT molecular complexity index is 624. The first-order valence-corrected chi connectivity index (χ1v) is 9.47. The van der Waals surface area contributed by atoms with Crippen LogP contribution < -0.4 is 10.6 Å². The molecule has 1 saturated heterocycles. The molecule has 1 aliphatic heterocycles. The molecule has 1 fully saturated rings. The molecule has 0 aromatic heterocycles. The van der Waals surface area contributed by atoms with E-state index in [-0.39, 0.29) is 17.3 Å². The van der Waals surface area contributed by atoms with Gasteiger partial charge in [0.15, 0.2) is 5.96 Å². The number of hydrogen-bond acceptors (Lipinski definition) is 3. The number of nitrogens with zero attached hydrogens (tertiary/aromatic N) is 2. The smallest absolute Gasteiger partial charge is 0.191 e. The highest BCUT2D eigenvalue weighted by Crippen LogP contribution is 2.30. The first-order valence-electron chi connectivity index (χ1n) is 9.09. The summed E-state index contributed by atoms with van der Waals surface area (Å²) >= 11 is 6.23. The van der Waals surface area contributed by atoms with Crippen LogP contribution in [0, 0.1) is 5.82 Å². The molecule has 2 N–H and O–H groups in total. The molecule has 7 heteroatoms. The standard InChI is InChI=1S/C19H30ClFN4O/c1-5-22-18(23-11-15-12-25(4)8-9-26-15)24-13-19(2,3)16-7-6-14(21)10-17(16)20/h6-7,10,15H,5,8-9,11-13H2,1-4H3,(H2,22,23,24). The second-order valence-electron chi connectivity index (χ2n) is 7.34. The summed E-state index contributed by atoms with van der Waals surface area (Å²) in [7, 11) is 2.10. The van der Waals surface area contributed by atoms with Gasteiger partial charge in [0, 0.05) is 36.6 Å². The molecule has 1 heterocycles. The molecule has 146 valence electrons. The topological polar surface area (TPSA) is 48.9 Å². The third-order valence-electron chi connectivity index (χ3n) is 4.48. The highest BCUT2D eigenvalue weighted by atomic mass is 35.5. The molecule has 1 aliphatic rings. The molecule has 0 bridgehead atoms. The Hall–Kier alpha value is -1.37. The third kappa shape index (κ3) is 6.11. The van der Waals surface area contributed by atoms with Crippen LogP contribution in [0.25, 0.3) is 0 Å². The normalized spacial score (nSPS) is 19.5. The quantitative estimate of drug-likeness (QED) is 0.584. The maximum Gasteiger partial charge on any atom is 0.191 e. The fourth-order valence-electron chi connectivity index (χ4n) is 2.94. The minimum Gasteiger partial charge on any atom is -0.374 e. The fraction of sp³-hybridized carbons (Fsp3) is 0.632. The SMILES string of the molecule is CCNC(=NCC(C)(C)c1ccc(F)cc1Cl)NCC1CN(C)CCO1. The van der Waals surface area contributed by atoms with Crippen molar-refractivity contribution in [1.82, 2.24) is 15.5 Å². The number of likely N-dealkylation sites (N-methyl/N-ethyl adjacent to an activating group) is 1. The third-order valence-corrected chi connectivity index (χ3v) is 4.79. The zero-order valence-electron chi connectivity index (χ0n) is 16.1. The number of ether oxygens (including phenoxy) is 1. The van der Waals surface area contributed by atoms with Gasteiger partial charge in [0.1, 0.15) is 5.82 Å². The summed E-state index contributed by atoms with van der Waals surface area (Å²) in [6.45, 7) is 10.8. The average Bonchev–Trinajstić information content (AvgIpc) is 2.57. The minimum absolute atomic E-state index is 0.150. The van der Waals surface area contributed by atoms with Crippen molar-refractivity contribution in [3.63, 3.8) is 0 Å². The van der Waals surface area contributed by atoms with Gasteiger partial charge in [-0.15, -0.1) is 0 Å². The van der Waals surface area contributed by atoms with Gasteiger partial charge < -0.3 is 20.3 Å². The molecule has 5 nitrogen and oxygen atoms in total. The van der Waals surface area contributed by atoms with Crippen molar-refractivity contribution >= 4 is 17.6 Å². The van der Waals surface area contributed by atoms with Crippen molar-refractivity contribution in [2.45, 2.75) is 32.3 Å². The van der Waals surface area contributed by atoms with Crippen LogP contribution >= 0.6 is 11.6 Å². The van der Waals surface area contributed by atoms with Crippen molar-refractivity contribution in [3.05, 3.63) is 34.6 Å². The van der Waals surface area contributed by atoms with E-state index in [4.69, 9.17) is 21.3 Å². The Labute approximate surface area is 161 Å². The van der Waals surface area contributed by atoms with Gasteiger partial charge in [-0.25, -0.2) is 4.39 Å². The largest absolute Gasteiger partial charge is 0.374 e. The molecule has 0 spiro atoms. The summed E-state index contributed by atoms with van der Waals surface area (Å²) in [5.74, 6) is 0.418. The Balaban J connectivity index is 2.00.